The van der Waals surface area contributed by atoms with Gasteiger partial charge < -0.3 is 15.3 Å². The molecule has 0 unspecified atom stereocenters. The van der Waals surface area contributed by atoms with Gasteiger partial charge in [-0.1, -0.05) is 28.6 Å². The number of thiazole rings is 1. The first-order valence-electron chi connectivity index (χ1n) is 7.97. The van der Waals surface area contributed by atoms with Gasteiger partial charge in [-0.05, 0) is 44.1 Å². The highest BCUT2D eigenvalue weighted by atomic mass is 32.2. The number of aromatic nitrogens is 1. The van der Waals surface area contributed by atoms with Gasteiger partial charge in [-0.3, -0.25) is 0 Å². The molecule has 1 saturated carbocycles. The molecule has 1 aliphatic rings. The van der Waals surface area contributed by atoms with Gasteiger partial charge in [0.1, 0.15) is 11.1 Å². The van der Waals surface area contributed by atoms with Crippen LogP contribution in [0.1, 0.15) is 31.2 Å². The summed E-state index contributed by atoms with van der Waals surface area (Å²) in [6.07, 6.45) is 7.67. The molecule has 0 amide bonds. The van der Waals surface area contributed by atoms with E-state index < -0.39 is 5.97 Å². The molecule has 0 atom stereocenters. The number of nitrogens with zero attached hydrogens (tertiary/aromatic N) is 2. The van der Waals surface area contributed by atoms with Crippen molar-refractivity contribution >= 4 is 39.8 Å². The number of carbonyl (C=O) groups is 1. The molecule has 132 valence electrons. The molecule has 0 aliphatic heterocycles. The van der Waals surface area contributed by atoms with E-state index in [9.17, 15) is 4.79 Å². The number of rotatable bonds is 6. The van der Waals surface area contributed by atoms with Crippen LogP contribution in [0.3, 0.4) is 0 Å². The summed E-state index contributed by atoms with van der Waals surface area (Å²) in [6.45, 7) is 0. The number of nitrogens with two attached hydrogens (primary N) is 1. The molecule has 3 rings (SSSR count). The largest absolute Gasteiger partial charge is 0.393 e. The number of anilines is 1. The van der Waals surface area contributed by atoms with Crippen molar-refractivity contribution in [3.63, 3.8) is 0 Å². The number of esters is 1. The zero-order valence-electron chi connectivity index (χ0n) is 13.8. The number of hydrogen-bond donors (Lipinski definition) is 1. The van der Waals surface area contributed by atoms with Crippen molar-refractivity contribution < 1.29 is 14.4 Å². The maximum atomic E-state index is 12.6. The average molecular weight is 377 g/mol. The van der Waals surface area contributed by atoms with E-state index in [0.29, 0.717) is 10.6 Å². The van der Waals surface area contributed by atoms with Crippen LogP contribution in [0, 0.1) is 0 Å². The Morgan fingerprint density at radius 1 is 1.32 bits per heavy atom. The van der Waals surface area contributed by atoms with E-state index >= 15 is 0 Å². The predicted molar refractivity (Wildman–Crippen MR) is 100 cm³/mol. The van der Waals surface area contributed by atoms with Crippen molar-refractivity contribution in [2.24, 2.45) is 5.16 Å². The predicted octanol–water partition coefficient (Wildman–Crippen LogP) is 3.72. The lowest BCUT2D eigenvalue weighted by Gasteiger charge is -2.10. The summed E-state index contributed by atoms with van der Waals surface area (Å²) in [4.78, 5) is 23.2. The molecule has 1 aromatic heterocycles. The maximum absolute atomic E-state index is 12.6. The SMILES string of the molecule is CSc1ccc(/C(=N\OC2CCCC2)C(=O)Oc2ncc(N)s2)cc1. The molecule has 2 N–H and O–H groups in total. The molecule has 8 heteroatoms. The van der Waals surface area contributed by atoms with E-state index in [1.165, 1.54) is 6.20 Å². The van der Waals surface area contributed by atoms with Crippen molar-refractivity contribution in [1.29, 1.82) is 0 Å². The van der Waals surface area contributed by atoms with Crippen LogP contribution in [-0.2, 0) is 9.63 Å². The first-order chi connectivity index (χ1) is 12.2. The topological polar surface area (TPSA) is 86.8 Å². The molecule has 1 heterocycles. The van der Waals surface area contributed by atoms with E-state index in [1.54, 1.807) is 11.8 Å². The Morgan fingerprint density at radius 3 is 2.64 bits per heavy atom. The number of ether oxygens (including phenoxy) is 1. The summed E-state index contributed by atoms with van der Waals surface area (Å²) in [5.41, 5.74) is 6.40. The minimum absolute atomic E-state index is 0.0591. The highest BCUT2D eigenvalue weighted by molar-refractivity contribution is 7.98. The molecule has 0 radical (unpaired) electrons. The van der Waals surface area contributed by atoms with Crippen LogP contribution in [0.5, 0.6) is 5.19 Å². The third-order valence-electron chi connectivity index (χ3n) is 3.83. The lowest BCUT2D eigenvalue weighted by atomic mass is 10.1. The van der Waals surface area contributed by atoms with E-state index in [2.05, 4.69) is 10.1 Å². The monoisotopic (exact) mass is 377 g/mol. The van der Waals surface area contributed by atoms with Crippen molar-refractivity contribution in [2.45, 2.75) is 36.7 Å². The fourth-order valence-electron chi connectivity index (χ4n) is 2.52. The standard InChI is InChI=1S/C17H19N3O3S2/c1-24-13-8-6-11(7-9-13)15(20-23-12-4-2-3-5-12)16(21)22-17-19-10-14(18)25-17/h6-10,12H,2-5,18H2,1H3/b20-15+. The van der Waals surface area contributed by atoms with Crippen molar-refractivity contribution in [3.8, 4) is 5.19 Å². The number of hydrogen-bond acceptors (Lipinski definition) is 8. The summed E-state index contributed by atoms with van der Waals surface area (Å²) < 4.78 is 5.30. The smallest absolute Gasteiger partial charge is 0.368 e. The Labute approximate surface area is 154 Å². The molecule has 0 saturated heterocycles. The molecule has 1 fully saturated rings. The van der Waals surface area contributed by atoms with Gasteiger partial charge in [0.25, 0.3) is 5.19 Å². The van der Waals surface area contributed by atoms with Crippen LogP contribution >= 0.6 is 23.1 Å². The number of carbonyl (C=O) groups excluding carboxylic acids is 1. The van der Waals surface area contributed by atoms with Crippen molar-refractivity contribution in [2.75, 3.05) is 12.0 Å². The normalized spacial score (nSPS) is 15.3. The van der Waals surface area contributed by atoms with Crippen molar-refractivity contribution in [1.82, 2.24) is 4.98 Å². The van der Waals surface area contributed by atoms with Crippen LogP contribution in [0.2, 0.25) is 0 Å². The van der Waals surface area contributed by atoms with E-state index in [-0.39, 0.29) is 17.0 Å². The summed E-state index contributed by atoms with van der Waals surface area (Å²) in [5.74, 6) is -0.607. The van der Waals surface area contributed by atoms with Crippen LogP contribution in [0.25, 0.3) is 0 Å². The third kappa shape index (κ3) is 4.73. The minimum atomic E-state index is -0.607. The van der Waals surface area contributed by atoms with Crippen LogP contribution in [0.15, 0.2) is 40.5 Å². The third-order valence-corrected chi connectivity index (χ3v) is 5.28. The zero-order valence-corrected chi connectivity index (χ0v) is 15.4. The second-order valence-corrected chi connectivity index (χ2v) is 7.50. The van der Waals surface area contributed by atoms with E-state index in [0.717, 1.165) is 41.9 Å². The number of thioether (sulfide) groups is 1. The van der Waals surface area contributed by atoms with Gasteiger partial charge in [0, 0.05) is 10.5 Å². The molecular weight excluding hydrogens is 358 g/mol. The second-order valence-electron chi connectivity index (χ2n) is 5.60. The molecule has 0 bridgehead atoms. The molecule has 6 nitrogen and oxygen atoms in total. The van der Waals surface area contributed by atoms with Gasteiger partial charge in [0.15, 0.2) is 5.71 Å². The Bertz CT molecular complexity index is 753. The second kappa shape index (κ2) is 8.35. The van der Waals surface area contributed by atoms with Crippen LogP contribution < -0.4 is 10.5 Å². The van der Waals surface area contributed by atoms with Crippen molar-refractivity contribution in [3.05, 3.63) is 36.0 Å². The van der Waals surface area contributed by atoms with Gasteiger partial charge in [-0.15, -0.1) is 11.8 Å². The van der Waals surface area contributed by atoms with Crippen LogP contribution in [-0.4, -0.2) is 29.0 Å². The van der Waals surface area contributed by atoms with E-state index in [4.69, 9.17) is 15.3 Å². The summed E-state index contributed by atoms with van der Waals surface area (Å²) in [5, 5.41) is 4.79. The Morgan fingerprint density at radius 2 is 2.04 bits per heavy atom. The summed E-state index contributed by atoms with van der Waals surface area (Å²) >= 11 is 2.73. The Kier molecular flexibility index (Phi) is 5.93. The van der Waals surface area contributed by atoms with Gasteiger partial charge >= 0.3 is 5.97 Å². The van der Waals surface area contributed by atoms with Gasteiger partial charge in [-0.25, -0.2) is 9.78 Å². The first kappa shape index (κ1) is 17.8. The van der Waals surface area contributed by atoms with Crippen LogP contribution in [0.4, 0.5) is 5.00 Å². The summed E-state index contributed by atoms with van der Waals surface area (Å²) in [7, 11) is 0. The highest BCUT2D eigenvalue weighted by Gasteiger charge is 2.22. The number of nitrogen functional groups attached to an aromatic ring is 1. The average Bonchev–Trinajstić information content (AvgIpc) is 3.27. The number of benzene rings is 1. The highest BCUT2D eigenvalue weighted by Crippen LogP contribution is 2.24. The number of oxime groups is 1. The Hall–Kier alpha value is -2.06. The molecule has 1 aromatic carbocycles. The fraction of sp³-hybridized carbons (Fsp3) is 0.353. The molecule has 25 heavy (non-hydrogen) atoms. The molecule has 0 spiro atoms. The minimum Gasteiger partial charge on any atom is -0.393 e. The van der Waals surface area contributed by atoms with Gasteiger partial charge in [0.2, 0.25) is 0 Å². The zero-order chi connectivity index (χ0) is 17.6. The summed E-state index contributed by atoms with van der Waals surface area (Å²) in [6, 6.07) is 7.53. The fourth-order valence-corrected chi connectivity index (χ4v) is 3.46. The van der Waals surface area contributed by atoms with Gasteiger partial charge in [0.05, 0.1) is 6.20 Å². The molecule has 1 aliphatic carbocycles. The quantitative estimate of drug-likeness (QED) is 0.357. The lowest BCUT2D eigenvalue weighted by molar-refractivity contribution is -0.127. The van der Waals surface area contributed by atoms with Gasteiger partial charge in [-0.2, -0.15) is 0 Å². The molecule has 2 aromatic rings. The molecular formula is C17H19N3O3S2. The lowest BCUT2D eigenvalue weighted by Crippen LogP contribution is -2.23. The Balaban J connectivity index is 1.81. The van der Waals surface area contributed by atoms with E-state index in [1.807, 2.05) is 30.5 Å². The maximum Gasteiger partial charge on any atom is 0.368 e. The first-order valence-corrected chi connectivity index (χ1v) is 10.0.